The number of hydrogen-bond donors (Lipinski definition) is 1. The van der Waals surface area contributed by atoms with Crippen molar-refractivity contribution in [2.45, 2.75) is 25.8 Å². The highest BCUT2D eigenvalue weighted by molar-refractivity contribution is 9.10. The van der Waals surface area contributed by atoms with Gasteiger partial charge in [0.25, 0.3) is 0 Å². The molecule has 0 aliphatic heterocycles. The molecule has 2 N–H and O–H groups in total. The quantitative estimate of drug-likeness (QED) is 0.919. The summed E-state index contributed by atoms with van der Waals surface area (Å²) >= 11 is 3.07. The van der Waals surface area contributed by atoms with Crippen LogP contribution in [0.2, 0.25) is 0 Å². The van der Waals surface area contributed by atoms with E-state index in [0.29, 0.717) is 4.47 Å². The molecule has 0 fully saturated rings. The van der Waals surface area contributed by atoms with Crippen LogP contribution in [-0.4, -0.2) is 11.3 Å². The summed E-state index contributed by atoms with van der Waals surface area (Å²) < 4.78 is 13.3. The predicted octanol–water partition coefficient (Wildman–Crippen LogP) is 2.44. The Bertz CT molecular complexity index is 385. The van der Waals surface area contributed by atoms with Crippen LogP contribution in [0, 0.1) is 5.82 Å². The second-order valence-electron chi connectivity index (χ2n) is 4.07. The second kappa shape index (κ2) is 4.41. The van der Waals surface area contributed by atoms with Crippen LogP contribution in [0.5, 0.6) is 0 Å². The number of ketones is 1. The number of halogens is 2. The highest BCUT2D eigenvalue weighted by atomic mass is 79.9. The van der Waals surface area contributed by atoms with Gasteiger partial charge in [-0.25, -0.2) is 4.39 Å². The molecule has 1 rings (SSSR count). The molecule has 0 aliphatic rings. The van der Waals surface area contributed by atoms with E-state index in [-0.39, 0.29) is 18.0 Å². The molecule has 0 aromatic heterocycles. The first-order valence-corrected chi connectivity index (χ1v) is 5.36. The molecule has 0 aliphatic carbocycles. The highest BCUT2D eigenvalue weighted by Gasteiger charge is 2.21. The summed E-state index contributed by atoms with van der Waals surface area (Å²) in [5.41, 5.74) is 5.57. The Balaban J connectivity index is 2.83. The van der Waals surface area contributed by atoms with Crippen LogP contribution in [0.25, 0.3) is 0 Å². The molecule has 0 saturated heterocycles. The molecule has 15 heavy (non-hydrogen) atoms. The first-order chi connectivity index (χ1) is 6.80. The lowest BCUT2D eigenvalue weighted by atomic mass is 9.95. The number of Topliss-reactive ketones (excluding diaryl/α,β-unsaturated/α-hetero) is 1. The Kier molecular flexibility index (Phi) is 3.62. The van der Waals surface area contributed by atoms with E-state index in [2.05, 4.69) is 15.9 Å². The average Bonchev–Trinajstić information content (AvgIpc) is 2.10. The van der Waals surface area contributed by atoms with Crippen molar-refractivity contribution < 1.29 is 9.18 Å². The van der Waals surface area contributed by atoms with Crippen LogP contribution in [0.15, 0.2) is 22.7 Å². The van der Waals surface area contributed by atoms with Crippen molar-refractivity contribution in [3.05, 3.63) is 34.1 Å². The van der Waals surface area contributed by atoms with Crippen LogP contribution in [0.3, 0.4) is 0 Å². The predicted molar refractivity (Wildman–Crippen MR) is 61.1 cm³/mol. The molecular formula is C11H13BrFNO. The van der Waals surface area contributed by atoms with Crippen LogP contribution in [0.1, 0.15) is 19.4 Å². The smallest absolute Gasteiger partial charge is 0.156 e. The third-order valence-electron chi connectivity index (χ3n) is 2.07. The van der Waals surface area contributed by atoms with Crippen molar-refractivity contribution in [3.8, 4) is 0 Å². The van der Waals surface area contributed by atoms with E-state index >= 15 is 0 Å². The first-order valence-electron chi connectivity index (χ1n) is 4.57. The monoisotopic (exact) mass is 273 g/mol. The third kappa shape index (κ3) is 3.39. The fourth-order valence-electron chi connectivity index (χ4n) is 1.06. The van der Waals surface area contributed by atoms with E-state index in [1.165, 1.54) is 6.07 Å². The number of hydrogen-bond acceptors (Lipinski definition) is 2. The molecule has 4 heteroatoms. The van der Waals surface area contributed by atoms with E-state index in [1.807, 2.05) is 0 Å². The number of rotatable bonds is 3. The summed E-state index contributed by atoms with van der Waals surface area (Å²) in [6.45, 7) is 3.32. The minimum atomic E-state index is -0.846. The lowest BCUT2D eigenvalue weighted by Crippen LogP contribution is -2.42. The highest BCUT2D eigenvalue weighted by Crippen LogP contribution is 2.18. The molecule has 0 bridgehead atoms. The van der Waals surface area contributed by atoms with Gasteiger partial charge in [0.15, 0.2) is 5.78 Å². The van der Waals surface area contributed by atoms with Crippen molar-refractivity contribution in [2.24, 2.45) is 5.73 Å². The zero-order valence-electron chi connectivity index (χ0n) is 8.68. The molecule has 0 amide bonds. The van der Waals surface area contributed by atoms with E-state index in [4.69, 9.17) is 5.73 Å². The molecule has 82 valence electrons. The van der Waals surface area contributed by atoms with Gasteiger partial charge in [0.05, 0.1) is 10.0 Å². The van der Waals surface area contributed by atoms with Gasteiger partial charge < -0.3 is 5.73 Å². The number of carbonyl (C=O) groups is 1. The summed E-state index contributed by atoms with van der Waals surface area (Å²) in [7, 11) is 0. The minimum absolute atomic E-state index is 0.0685. The number of benzene rings is 1. The van der Waals surface area contributed by atoms with E-state index in [9.17, 15) is 9.18 Å². The van der Waals surface area contributed by atoms with Crippen molar-refractivity contribution in [3.63, 3.8) is 0 Å². The molecule has 0 saturated carbocycles. The van der Waals surface area contributed by atoms with Crippen molar-refractivity contribution >= 4 is 21.7 Å². The van der Waals surface area contributed by atoms with Gasteiger partial charge >= 0.3 is 0 Å². The molecule has 1 aromatic carbocycles. The molecular weight excluding hydrogens is 261 g/mol. The molecule has 1 aromatic rings. The van der Waals surface area contributed by atoms with E-state index in [0.717, 1.165) is 5.56 Å². The third-order valence-corrected chi connectivity index (χ3v) is 2.68. The fourth-order valence-corrected chi connectivity index (χ4v) is 1.49. The van der Waals surface area contributed by atoms with Gasteiger partial charge in [0.1, 0.15) is 5.82 Å². The van der Waals surface area contributed by atoms with Crippen LogP contribution >= 0.6 is 15.9 Å². The number of carbonyl (C=O) groups excluding carboxylic acids is 1. The van der Waals surface area contributed by atoms with Crippen molar-refractivity contribution in [1.82, 2.24) is 0 Å². The lowest BCUT2D eigenvalue weighted by Gasteiger charge is -2.16. The summed E-state index contributed by atoms with van der Waals surface area (Å²) in [5, 5.41) is 0. The zero-order chi connectivity index (χ0) is 11.6. The fraction of sp³-hybridized carbons (Fsp3) is 0.364. The molecule has 2 nitrogen and oxygen atoms in total. The van der Waals surface area contributed by atoms with Crippen molar-refractivity contribution in [1.29, 1.82) is 0 Å². The Hall–Kier alpha value is -0.740. The van der Waals surface area contributed by atoms with Gasteiger partial charge in [-0.15, -0.1) is 0 Å². The van der Waals surface area contributed by atoms with Crippen LogP contribution < -0.4 is 5.73 Å². The van der Waals surface area contributed by atoms with Crippen LogP contribution in [0.4, 0.5) is 4.39 Å². The number of nitrogens with two attached hydrogens (primary N) is 1. The zero-order valence-corrected chi connectivity index (χ0v) is 10.3. The topological polar surface area (TPSA) is 43.1 Å². The van der Waals surface area contributed by atoms with Gasteiger partial charge in [-0.05, 0) is 47.5 Å². The van der Waals surface area contributed by atoms with Gasteiger partial charge in [-0.1, -0.05) is 6.07 Å². The Morgan fingerprint density at radius 2 is 2.13 bits per heavy atom. The second-order valence-corrected chi connectivity index (χ2v) is 4.92. The Labute approximate surface area is 96.8 Å². The maximum Gasteiger partial charge on any atom is 0.156 e. The summed E-state index contributed by atoms with van der Waals surface area (Å²) in [6, 6.07) is 4.51. The standard InChI is InChI=1S/C11H13BrFNO/c1-11(2,14)10(15)6-7-3-4-9(13)8(12)5-7/h3-5H,6,14H2,1-2H3. The lowest BCUT2D eigenvalue weighted by molar-refractivity contribution is -0.122. The summed E-state index contributed by atoms with van der Waals surface area (Å²) in [5.74, 6) is -0.404. The minimum Gasteiger partial charge on any atom is -0.319 e. The van der Waals surface area contributed by atoms with Crippen molar-refractivity contribution in [2.75, 3.05) is 0 Å². The molecule has 0 radical (unpaired) electrons. The first kappa shape index (κ1) is 12.3. The molecule has 0 unspecified atom stereocenters. The molecule has 0 spiro atoms. The Morgan fingerprint density at radius 1 is 1.53 bits per heavy atom. The van der Waals surface area contributed by atoms with E-state index < -0.39 is 5.54 Å². The maximum atomic E-state index is 12.9. The largest absolute Gasteiger partial charge is 0.319 e. The Morgan fingerprint density at radius 3 is 2.60 bits per heavy atom. The average molecular weight is 274 g/mol. The van der Waals surface area contributed by atoms with Gasteiger partial charge in [0, 0.05) is 6.42 Å². The van der Waals surface area contributed by atoms with E-state index in [1.54, 1.807) is 26.0 Å². The van der Waals surface area contributed by atoms with Crippen LogP contribution in [-0.2, 0) is 11.2 Å². The normalized spacial score (nSPS) is 11.5. The van der Waals surface area contributed by atoms with Gasteiger partial charge in [-0.2, -0.15) is 0 Å². The van der Waals surface area contributed by atoms with Gasteiger partial charge in [-0.3, -0.25) is 4.79 Å². The summed E-state index contributed by atoms with van der Waals surface area (Å²) in [6.07, 6.45) is 0.225. The summed E-state index contributed by atoms with van der Waals surface area (Å²) in [4.78, 5) is 11.6. The molecule has 0 atom stereocenters. The molecule has 0 heterocycles. The van der Waals surface area contributed by atoms with Gasteiger partial charge in [0.2, 0.25) is 0 Å². The SMILES string of the molecule is CC(C)(N)C(=O)Cc1ccc(F)c(Br)c1. The maximum absolute atomic E-state index is 12.9.